The Morgan fingerprint density at radius 3 is 2.80 bits per heavy atom. The summed E-state index contributed by atoms with van der Waals surface area (Å²) in [6.45, 7) is 1.05. The fourth-order valence-corrected chi connectivity index (χ4v) is 2.24. The number of urea groups is 1. The van der Waals surface area contributed by atoms with E-state index in [0.29, 0.717) is 13.1 Å². The van der Waals surface area contributed by atoms with E-state index in [0.717, 1.165) is 15.6 Å². The highest BCUT2D eigenvalue weighted by atomic mass is 79.9. The van der Waals surface area contributed by atoms with Crippen LogP contribution < -0.4 is 5.32 Å². The smallest absolute Gasteiger partial charge is 0.317 e. The van der Waals surface area contributed by atoms with Gasteiger partial charge in [0.05, 0.1) is 0 Å². The van der Waals surface area contributed by atoms with Gasteiger partial charge in [0.25, 0.3) is 0 Å². The molecule has 1 aromatic heterocycles. The van der Waals surface area contributed by atoms with Crippen LogP contribution in [0.5, 0.6) is 0 Å². The van der Waals surface area contributed by atoms with Gasteiger partial charge in [-0.3, -0.25) is 4.98 Å². The fraction of sp³-hybridized carbons (Fsp3) is 0.200. The summed E-state index contributed by atoms with van der Waals surface area (Å²) < 4.78 is 1.01. The van der Waals surface area contributed by atoms with Gasteiger partial charge in [0.15, 0.2) is 0 Å². The average molecular weight is 334 g/mol. The molecule has 1 heterocycles. The van der Waals surface area contributed by atoms with E-state index >= 15 is 0 Å². The van der Waals surface area contributed by atoms with Crippen molar-refractivity contribution in [2.75, 3.05) is 7.05 Å². The first kappa shape index (κ1) is 14.5. The summed E-state index contributed by atoms with van der Waals surface area (Å²) in [6, 6.07) is 11.6. The third-order valence-electron chi connectivity index (χ3n) is 2.82. The van der Waals surface area contributed by atoms with E-state index in [4.69, 9.17) is 0 Å². The number of rotatable bonds is 4. The Balaban J connectivity index is 1.85. The molecule has 0 aliphatic heterocycles. The Kier molecular flexibility index (Phi) is 5.12. The molecule has 1 aromatic carbocycles. The maximum atomic E-state index is 12.0. The van der Waals surface area contributed by atoms with Gasteiger partial charge in [-0.15, -0.1) is 0 Å². The molecule has 4 nitrogen and oxygen atoms in total. The highest BCUT2D eigenvalue weighted by molar-refractivity contribution is 9.10. The number of benzene rings is 1. The molecule has 0 saturated heterocycles. The van der Waals surface area contributed by atoms with Crippen molar-refractivity contribution in [1.29, 1.82) is 0 Å². The summed E-state index contributed by atoms with van der Waals surface area (Å²) in [5.41, 5.74) is 2.06. The predicted molar refractivity (Wildman–Crippen MR) is 82.1 cm³/mol. The Morgan fingerprint density at radius 1 is 1.30 bits per heavy atom. The van der Waals surface area contributed by atoms with Gasteiger partial charge in [-0.1, -0.05) is 34.1 Å². The largest absolute Gasteiger partial charge is 0.334 e. The molecule has 0 radical (unpaired) electrons. The first-order chi connectivity index (χ1) is 9.65. The molecule has 2 amide bonds. The van der Waals surface area contributed by atoms with E-state index in [1.807, 2.05) is 36.4 Å². The summed E-state index contributed by atoms with van der Waals surface area (Å²) in [5.74, 6) is 0. The summed E-state index contributed by atoms with van der Waals surface area (Å²) in [7, 11) is 1.77. The predicted octanol–water partition coefficient (Wildman–Crippen LogP) is 3.19. The minimum absolute atomic E-state index is 0.103. The Morgan fingerprint density at radius 2 is 2.10 bits per heavy atom. The molecule has 20 heavy (non-hydrogen) atoms. The minimum Gasteiger partial charge on any atom is -0.334 e. The number of amides is 2. The number of hydrogen-bond acceptors (Lipinski definition) is 2. The molecule has 0 unspecified atom stereocenters. The molecule has 5 heteroatoms. The normalized spacial score (nSPS) is 10.1. The lowest BCUT2D eigenvalue weighted by atomic mass is 10.2. The quantitative estimate of drug-likeness (QED) is 0.933. The third kappa shape index (κ3) is 4.35. The molecule has 1 N–H and O–H groups in total. The van der Waals surface area contributed by atoms with Gasteiger partial charge in [-0.25, -0.2) is 4.79 Å². The first-order valence-electron chi connectivity index (χ1n) is 6.27. The van der Waals surface area contributed by atoms with E-state index in [9.17, 15) is 4.79 Å². The molecule has 2 rings (SSSR count). The standard InChI is InChI=1S/C15H16BrN3O/c1-19(11-13-5-3-7-17-9-13)15(20)18-10-12-4-2-6-14(16)8-12/h2-9H,10-11H2,1H3,(H,18,20). The van der Waals surface area contributed by atoms with Crippen LogP contribution in [0.25, 0.3) is 0 Å². The SMILES string of the molecule is CN(Cc1cccnc1)C(=O)NCc1cccc(Br)c1. The molecule has 0 spiro atoms. The van der Waals surface area contributed by atoms with Crippen LogP contribution in [0.15, 0.2) is 53.3 Å². The van der Waals surface area contributed by atoms with E-state index in [-0.39, 0.29) is 6.03 Å². The van der Waals surface area contributed by atoms with Crippen LogP contribution >= 0.6 is 15.9 Å². The molecular formula is C15H16BrN3O. The molecule has 0 atom stereocenters. The third-order valence-corrected chi connectivity index (χ3v) is 3.32. The van der Waals surface area contributed by atoms with Crippen molar-refractivity contribution in [3.05, 3.63) is 64.4 Å². The number of halogens is 1. The van der Waals surface area contributed by atoms with Crippen molar-refractivity contribution in [3.8, 4) is 0 Å². The molecule has 104 valence electrons. The van der Waals surface area contributed by atoms with Crippen LogP contribution in [0.2, 0.25) is 0 Å². The molecule has 0 aliphatic carbocycles. The fourth-order valence-electron chi connectivity index (χ4n) is 1.80. The zero-order chi connectivity index (χ0) is 14.4. The number of aromatic nitrogens is 1. The van der Waals surface area contributed by atoms with Crippen molar-refractivity contribution in [2.45, 2.75) is 13.1 Å². The molecule has 0 saturated carbocycles. The minimum atomic E-state index is -0.103. The number of nitrogens with zero attached hydrogens (tertiary/aromatic N) is 2. The summed E-state index contributed by atoms with van der Waals surface area (Å²) in [5, 5.41) is 2.89. The monoisotopic (exact) mass is 333 g/mol. The molecular weight excluding hydrogens is 318 g/mol. The van der Waals surface area contributed by atoms with Gasteiger partial charge in [0.2, 0.25) is 0 Å². The zero-order valence-corrected chi connectivity index (χ0v) is 12.8. The summed E-state index contributed by atoms with van der Waals surface area (Å²) >= 11 is 3.41. The maximum absolute atomic E-state index is 12.0. The van der Waals surface area contributed by atoms with Crippen LogP contribution in [0.3, 0.4) is 0 Å². The Bertz CT molecular complexity index is 574. The van der Waals surface area contributed by atoms with Crippen molar-refractivity contribution in [1.82, 2.24) is 15.2 Å². The van der Waals surface area contributed by atoms with Gasteiger partial charge >= 0.3 is 6.03 Å². The van der Waals surface area contributed by atoms with Gasteiger partial charge in [-0.05, 0) is 29.3 Å². The number of carbonyl (C=O) groups excluding carboxylic acids is 1. The van der Waals surface area contributed by atoms with E-state index in [1.165, 1.54) is 0 Å². The van der Waals surface area contributed by atoms with Crippen molar-refractivity contribution >= 4 is 22.0 Å². The van der Waals surface area contributed by atoms with Gasteiger partial charge in [0.1, 0.15) is 0 Å². The van der Waals surface area contributed by atoms with Gasteiger partial charge in [0, 0.05) is 37.0 Å². The molecule has 0 aliphatic rings. The van der Waals surface area contributed by atoms with Crippen LogP contribution in [0.1, 0.15) is 11.1 Å². The summed E-state index contributed by atoms with van der Waals surface area (Å²) in [6.07, 6.45) is 3.48. The second-order valence-electron chi connectivity index (χ2n) is 4.51. The second kappa shape index (κ2) is 7.05. The zero-order valence-electron chi connectivity index (χ0n) is 11.2. The van der Waals surface area contributed by atoms with Gasteiger partial charge in [-0.2, -0.15) is 0 Å². The van der Waals surface area contributed by atoms with E-state index in [1.54, 1.807) is 24.3 Å². The Labute approximate surface area is 127 Å². The summed E-state index contributed by atoms with van der Waals surface area (Å²) in [4.78, 5) is 17.7. The maximum Gasteiger partial charge on any atom is 0.317 e. The second-order valence-corrected chi connectivity index (χ2v) is 5.42. The van der Waals surface area contributed by atoms with E-state index in [2.05, 4.69) is 26.2 Å². The van der Waals surface area contributed by atoms with Crippen molar-refractivity contribution < 1.29 is 4.79 Å². The van der Waals surface area contributed by atoms with Crippen LogP contribution in [-0.4, -0.2) is 23.0 Å². The average Bonchev–Trinajstić information content (AvgIpc) is 2.46. The molecule has 2 aromatic rings. The number of nitrogens with one attached hydrogen (secondary N) is 1. The molecule has 0 fully saturated rings. The van der Waals surface area contributed by atoms with Crippen LogP contribution in [-0.2, 0) is 13.1 Å². The van der Waals surface area contributed by atoms with Gasteiger partial charge < -0.3 is 10.2 Å². The number of hydrogen-bond donors (Lipinski definition) is 1. The van der Waals surface area contributed by atoms with Crippen LogP contribution in [0.4, 0.5) is 4.79 Å². The first-order valence-corrected chi connectivity index (χ1v) is 7.07. The van der Waals surface area contributed by atoms with Crippen molar-refractivity contribution in [2.24, 2.45) is 0 Å². The lowest BCUT2D eigenvalue weighted by Gasteiger charge is -2.18. The Hall–Kier alpha value is -1.88. The lowest BCUT2D eigenvalue weighted by molar-refractivity contribution is 0.206. The highest BCUT2D eigenvalue weighted by Crippen LogP contribution is 2.11. The van der Waals surface area contributed by atoms with Crippen LogP contribution in [0, 0.1) is 0 Å². The van der Waals surface area contributed by atoms with Crippen molar-refractivity contribution in [3.63, 3.8) is 0 Å². The lowest BCUT2D eigenvalue weighted by Crippen LogP contribution is -2.36. The number of pyridine rings is 1. The number of carbonyl (C=O) groups is 1. The topological polar surface area (TPSA) is 45.2 Å². The van der Waals surface area contributed by atoms with E-state index < -0.39 is 0 Å². The molecule has 0 bridgehead atoms. The highest BCUT2D eigenvalue weighted by Gasteiger charge is 2.08.